The van der Waals surface area contributed by atoms with Crippen molar-refractivity contribution in [3.63, 3.8) is 0 Å². The summed E-state index contributed by atoms with van der Waals surface area (Å²) in [7, 11) is 0. The highest BCUT2D eigenvalue weighted by atomic mass is 16.5. The van der Waals surface area contributed by atoms with Gasteiger partial charge in [0.2, 0.25) is 0 Å². The maximum atomic E-state index is 13.0. The topological polar surface area (TPSA) is 75.4 Å². The third-order valence-corrected chi connectivity index (χ3v) is 6.75. The molecule has 5 aromatic rings. The van der Waals surface area contributed by atoms with Gasteiger partial charge in [-0.1, -0.05) is 66.7 Å². The third kappa shape index (κ3) is 4.06. The summed E-state index contributed by atoms with van der Waals surface area (Å²) in [5.41, 5.74) is 2.95. The summed E-state index contributed by atoms with van der Waals surface area (Å²) in [6.45, 7) is 4.72. The first-order chi connectivity index (χ1) is 17.7. The zero-order valence-corrected chi connectivity index (χ0v) is 20.2. The molecule has 3 heterocycles. The number of aryl methyl sites for hydroxylation is 1. The fourth-order valence-corrected chi connectivity index (χ4v) is 4.86. The first-order valence-corrected chi connectivity index (χ1v) is 12.5. The molecule has 6 rings (SSSR count). The van der Waals surface area contributed by atoms with Crippen LogP contribution < -0.4 is 4.90 Å². The van der Waals surface area contributed by atoms with E-state index < -0.39 is 0 Å². The molecule has 0 saturated carbocycles. The van der Waals surface area contributed by atoms with Crippen molar-refractivity contribution in [2.24, 2.45) is 0 Å². The van der Waals surface area contributed by atoms with Crippen LogP contribution in [0.15, 0.2) is 77.3 Å². The van der Waals surface area contributed by atoms with Gasteiger partial charge >= 0.3 is 0 Å². The SMILES string of the molecule is CCCc1nc(N2CCN(C(=O)c3ccccc3)CC2)c2c(-c3ccc4ccccc4c3)noc2n1. The van der Waals surface area contributed by atoms with Gasteiger partial charge in [-0.3, -0.25) is 4.79 Å². The summed E-state index contributed by atoms with van der Waals surface area (Å²) in [4.78, 5) is 26.8. The van der Waals surface area contributed by atoms with E-state index in [9.17, 15) is 4.79 Å². The smallest absolute Gasteiger partial charge is 0.263 e. The summed E-state index contributed by atoms with van der Waals surface area (Å²) in [6, 6.07) is 24.0. The molecule has 0 radical (unpaired) electrons. The highest BCUT2D eigenvalue weighted by molar-refractivity contribution is 6.00. The number of benzene rings is 3. The number of aromatic nitrogens is 3. The maximum Gasteiger partial charge on any atom is 0.263 e. The molecule has 0 spiro atoms. The van der Waals surface area contributed by atoms with Crippen LogP contribution in [-0.4, -0.2) is 52.1 Å². The lowest BCUT2D eigenvalue weighted by Crippen LogP contribution is -2.49. The molecule has 1 fully saturated rings. The van der Waals surface area contributed by atoms with Crippen molar-refractivity contribution in [2.45, 2.75) is 19.8 Å². The van der Waals surface area contributed by atoms with Crippen LogP contribution in [0.25, 0.3) is 33.1 Å². The molecule has 1 aliphatic heterocycles. The minimum Gasteiger partial charge on any atom is -0.352 e. The van der Waals surface area contributed by atoms with E-state index in [0.717, 1.165) is 52.1 Å². The van der Waals surface area contributed by atoms with E-state index in [4.69, 9.17) is 9.51 Å². The zero-order valence-electron chi connectivity index (χ0n) is 20.2. The van der Waals surface area contributed by atoms with Crippen molar-refractivity contribution in [2.75, 3.05) is 31.1 Å². The summed E-state index contributed by atoms with van der Waals surface area (Å²) in [6.07, 6.45) is 1.71. The van der Waals surface area contributed by atoms with Crippen LogP contribution in [0.4, 0.5) is 5.82 Å². The molecule has 0 aliphatic carbocycles. The predicted molar refractivity (Wildman–Crippen MR) is 141 cm³/mol. The van der Waals surface area contributed by atoms with Crippen molar-refractivity contribution in [1.82, 2.24) is 20.0 Å². The molecule has 0 atom stereocenters. The minimum absolute atomic E-state index is 0.0663. The molecular formula is C29H27N5O2. The second-order valence-corrected chi connectivity index (χ2v) is 9.13. The fraction of sp³-hybridized carbons (Fsp3) is 0.241. The van der Waals surface area contributed by atoms with Crippen LogP contribution >= 0.6 is 0 Å². The molecular weight excluding hydrogens is 450 g/mol. The number of hydrogen-bond acceptors (Lipinski definition) is 6. The van der Waals surface area contributed by atoms with Crippen molar-refractivity contribution in [3.05, 3.63) is 84.2 Å². The minimum atomic E-state index is 0.0663. The highest BCUT2D eigenvalue weighted by Crippen LogP contribution is 2.35. The lowest BCUT2D eigenvalue weighted by atomic mass is 10.0. The second kappa shape index (κ2) is 9.41. The fourth-order valence-electron chi connectivity index (χ4n) is 4.86. The average molecular weight is 478 g/mol. The van der Waals surface area contributed by atoms with Gasteiger partial charge in [0, 0.05) is 43.7 Å². The quantitative estimate of drug-likeness (QED) is 0.340. The van der Waals surface area contributed by atoms with Gasteiger partial charge in [0.25, 0.3) is 11.6 Å². The molecule has 36 heavy (non-hydrogen) atoms. The first-order valence-electron chi connectivity index (χ1n) is 12.5. The van der Waals surface area contributed by atoms with Crippen molar-refractivity contribution in [1.29, 1.82) is 0 Å². The lowest BCUT2D eigenvalue weighted by Gasteiger charge is -2.35. The van der Waals surface area contributed by atoms with Gasteiger partial charge in [-0.15, -0.1) is 0 Å². The van der Waals surface area contributed by atoms with Crippen LogP contribution in [0.1, 0.15) is 29.5 Å². The number of carbonyl (C=O) groups is 1. The van der Waals surface area contributed by atoms with Crippen molar-refractivity contribution >= 4 is 33.6 Å². The van der Waals surface area contributed by atoms with Crippen LogP contribution in [0.2, 0.25) is 0 Å². The highest BCUT2D eigenvalue weighted by Gasteiger charge is 2.27. The Balaban J connectivity index is 1.36. The second-order valence-electron chi connectivity index (χ2n) is 9.13. The summed E-state index contributed by atoms with van der Waals surface area (Å²) in [5, 5.41) is 7.59. The third-order valence-electron chi connectivity index (χ3n) is 6.75. The van der Waals surface area contributed by atoms with Gasteiger partial charge in [-0.25, -0.2) is 4.98 Å². The molecule has 7 heteroatoms. The Hall–Kier alpha value is -4.26. The molecule has 1 saturated heterocycles. The number of hydrogen-bond donors (Lipinski definition) is 0. The van der Waals surface area contributed by atoms with E-state index in [0.29, 0.717) is 31.9 Å². The Bertz CT molecular complexity index is 1540. The van der Waals surface area contributed by atoms with Gasteiger partial charge in [-0.05, 0) is 35.4 Å². The molecule has 0 N–H and O–H groups in total. The first kappa shape index (κ1) is 22.2. The van der Waals surface area contributed by atoms with Gasteiger partial charge in [0.05, 0.1) is 0 Å². The number of nitrogens with zero attached hydrogens (tertiary/aromatic N) is 5. The Kier molecular flexibility index (Phi) is 5.81. The van der Waals surface area contributed by atoms with Crippen molar-refractivity contribution in [3.8, 4) is 11.3 Å². The molecule has 1 aliphatic rings. The lowest BCUT2D eigenvalue weighted by molar-refractivity contribution is 0.0746. The largest absolute Gasteiger partial charge is 0.352 e. The van der Waals surface area contributed by atoms with Crippen molar-refractivity contribution < 1.29 is 9.32 Å². The molecule has 180 valence electrons. The number of carbonyl (C=O) groups excluding carboxylic acids is 1. The maximum absolute atomic E-state index is 13.0. The Morgan fingerprint density at radius 3 is 2.42 bits per heavy atom. The molecule has 3 aromatic carbocycles. The number of piperazine rings is 1. The normalized spacial score (nSPS) is 14.0. The Morgan fingerprint density at radius 2 is 1.64 bits per heavy atom. The molecule has 0 bridgehead atoms. The predicted octanol–water partition coefficient (Wildman–Crippen LogP) is 5.35. The zero-order chi connectivity index (χ0) is 24.5. The van der Waals surface area contributed by atoms with Crippen LogP contribution in [0.5, 0.6) is 0 Å². The summed E-state index contributed by atoms with van der Waals surface area (Å²) < 4.78 is 5.76. The number of fused-ring (bicyclic) bond motifs is 2. The average Bonchev–Trinajstić information content (AvgIpc) is 3.37. The standard InChI is InChI=1S/C29H27N5O2/c1-2-8-24-30-27(33-15-17-34(18-16-33)29(35)21-10-4-3-5-11-21)25-26(32-36-28(25)31-24)23-14-13-20-9-6-7-12-22(20)19-23/h3-7,9-14,19H,2,8,15-18H2,1H3. The monoisotopic (exact) mass is 477 g/mol. The van der Waals surface area contributed by atoms with E-state index in [1.165, 1.54) is 5.39 Å². The van der Waals surface area contributed by atoms with E-state index in [2.05, 4.69) is 52.3 Å². The van der Waals surface area contributed by atoms with E-state index >= 15 is 0 Å². The number of rotatable bonds is 5. The van der Waals surface area contributed by atoms with Gasteiger partial charge in [0.15, 0.2) is 0 Å². The van der Waals surface area contributed by atoms with Crippen LogP contribution in [0.3, 0.4) is 0 Å². The van der Waals surface area contributed by atoms with Crippen LogP contribution in [-0.2, 0) is 6.42 Å². The number of anilines is 1. The molecule has 7 nitrogen and oxygen atoms in total. The molecule has 0 unspecified atom stereocenters. The molecule has 2 aromatic heterocycles. The summed E-state index contributed by atoms with van der Waals surface area (Å²) in [5.74, 6) is 1.65. The van der Waals surface area contributed by atoms with E-state index in [-0.39, 0.29) is 5.91 Å². The molecule has 1 amide bonds. The number of amides is 1. The van der Waals surface area contributed by atoms with E-state index in [1.807, 2.05) is 47.4 Å². The van der Waals surface area contributed by atoms with E-state index in [1.54, 1.807) is 0 Å². The Morgan fingerprint density at radius 1 is 0.889 bits per heavy atom. The van der Waals surface area contributed by atoms with Gasteiger partial charge < -0.3 is 14.3 Å². The van der Waals surface area contributed by atoms with Gasteiger partial charge in [-0.2, -0.15) is 4.98 Å². The summed E-state index contributed by atoms with van der Waals surface area (Å²) >= 11 is 0. The Labute approximate surface area is 209 Å². The van der Waals surface area contributed by atoms with Gasteiger partial charge in [0.1, 0.15) is 22.7 Å². The van der Waals surface area contributed by atoms with Crippen LogP contribution in [0, 0.1) is 0 Å².